The number of nitrogens with zero attached hydrogens (tertiary/aromatic N) is 2. The summed E-state index contributed by atoms with van der Waals surface area (Å²) in [6.45, 7) is 0. The van der Waals surface area contributed by atoms with Gasteiger partial charge in [0.15, 0.2) is 0 Å². The molecule has 6 heteroatoms. The fourth-order valence-electron chi connectivity index (χ4n) is 2.83. The number of benzene rings is 3. The molecule has 28 heavy (non-hydrogen) atoms. The predicted molar refractivity (Wildman–Crippen MR) is 116 cm³/mol. The van der Waals surface area contributed by atoms with Crippen LogP contribution in [0.15, 0.2) is 83.9 Å². The number of carbonyl (C=O) groups excluding carboxylic acids is 1. The monoisotopic (exact) mass is 405 g/mol. The van der Waals surface area contributed by atoms with E-state index in [4.69, 9.17) is 11.6 Å². The number of aromatic nitrogens is 2. The van der Waals surface area contributed by atoms with Gasteiger partial charge in [0.25, 0.3) is 0 Å². The van der Waals surface area contributed by atoms with Crippen molar-refractivity contribution >= 4 is 45.7 Å². The maximum Gasteiger partial charge on any atom is 0.234 e. The lowest BCUT2D eigenvalue weighted by Crippen LogP contribution is -2.14. The Bertz CT molecular complexity index is 1110. The summed E-state index contributed by atoms with van der Waals surface area (Å²) >= 11 is 7.26. The fourth-order valence-corrected chi connectivity index (χ4v) is 3.57. The van der Waals surface area contributed by atoms with Crippen molar-refractivity contribution in [1.82, 2.24) is 10.2 Å². The van der Waals surface area contributed by atoms with Gasteiger partial charge in [0.1, 0.15) is 5.03 Å². The SMILES string of the molecule is O=C(CSc1ccc(-c2ccc(Cl)cc2)nn1)Nc1cccc2ccccc12. The number of hydrogen-bond acceptors (Lipinski definition) is 4. The first-order valence-electron chi connectivity index (χ1n) is 8.69. The Morgan fingerprint density at radius 2 is 1.68 bits per heavy atom. The van der Waals surface area contributed by atoms with Crippen LogP contribution in [0, 0.1) is 0 Å². The van der Waals surface area contributed by atoms with E-state index < -0.39 is 0 Å². The minimum absolute atomic E-state index is 0.0788. The van der Waals surface area contributed by atoms with Gasteiger partial charge in [-0.3, -0.25) is 4.79 Å². The summed E-state index contributed by atoms with van der Waals surface area (Å²) < 4.78 is 0. The Morgan fingerprint density at radius 1 is 0.893 bits per heavy atom. The largest absolute Gasteiger partial charge is 0.325 e. The Kier molecular flexibility index (Phi) is 5.55. The van der Waals surface area contributed by atoms with Crippen molar-refractivity contribution in [2.24, 2.45) is 0 Å². The summed E-state index contributed by atoms with van der Waals surface area (Å²) in [5, 5.41) is 14.9. The van der Waals surface area contributed by atoms with E-state index in [1.165, 1.54) is 11.8 Å². The molecule has 0 fully saturated rings. The normalized spacial score (nSPS) is 10.8. The molecule has 1 aromatic heterocycles. The number of hydrogen-bond donors (Lipinski definition) is 1. The van der Waals surface area contributed by atoms with Crippen LogP contribution in [0.5, 0.6) is 0 Å². The summed E-state index contributed by atoms with van der Waals surface area (Å²) in [6, 6.07) is 25.0. The smallest absolute Gasteiger partial charge is 0.234 e. The molecule has 3 aromatic carbocycles. The highest BCUT2D eigenvalue weighted by Gasteiger charge is 2.08. The molecule has 0 saturated heterocycles. The molecule has 0 bridgehead atoms. The molecule has 0 spiro atoms. The van der Waals surface area contributed by atoms with Crippen molar-refractivity contribution in [3.05, 3.63) is 83.9 Å². The Morgan fingerprint density at radius 3 is 2.46 bits per heavy atom. The Hall–Kier alpha value is -2.89. The number of rotatable bonds is 5. The molecule has 0 radical (unpaired) electrons. The topological polar surface area (TPSA) is 54.9 Å². The van der Waals surface area contributed by atoms with E-state index in [9.17, 15) is 4.79 Å². The fraction of sp³-hybridized carbons (Fsp3) is 0.0455. The van der Waals surface area contributed by atoms with Gasteiger partial charge in [-0.2, -0.15) is 0 Å². The average molecular weight is 406 g/mol. The van der Waals surface area contributed by atoms with E-state index in [0.29, 0.717) is 10.0 Å². The number of carbonyl (C=O) groups is 1. The van der Waals surface area contributed by atoms with Crippen molar-refractivity contribution in [3.63, 3.8) is 0 Å². The molecule has 0 aliphatic heterocycles. The van der Waals surface area contributed by atoms with Gasteiger partial charge in [-0.15, -0.1) is 10.2 Å². The van der Waals surface area contributed by atoms with Crippen LogP contribution in [0.1, 0.15) is 0 Å². The lowest BCUT2D eigenvalue weighted by atomic mass is 10.1. The molecule has 0 unspecified atom stereocenters. The van der Waals surface area contributed by atoms with Crippen molar-refractivity contribution < 1.29 is 4.79 Å². The van der Waals surface area contributed by atoms with Crippen LogP contribution in [0.4, 0.5) is 5.69 Å². The molecule has 138 valence electrons. The zero-order valence-corrected chi connectivity index (χ0v) is 16.4. The quantitative estimate of drug-likeness (QED) is 0.434. The van der Waals surface area contributed by atoms with Gasteiger partial charge < -0.3 is 5.32 Å². The van der Waals surface area contributed by atoms with Crippen molar-refractivity contribution in [2.45, 2.75) is 5.03 Å². The van der Waals surface area contributed by atoms with Crippen LogP contribution in [0.3, 0.4) is 0 Å². The van der Waals surface area contributed by atoms with Gasteiger partial charge in [0, 0.05) is 21.7 Å². The molecular formula is C22H16ClN3OS. The van der Waals surface area contributed by atoms with Gasteiger partial charge in [-0.25, -0.2) is 0 Å². The molecule has 1 amide bonds. The molecule has 0 aliphatic rings. The zero-order chi connectivity index (χ0) is 19.3. The Labute approximate surface area is 172 Å². The second-order valence-electron chi connectivity index (χ2n) is 6.13. The van der Waals surface area contributed by atoms with E-state index in [2.05, 4.69) is 15.5 Å². The molecule has 0 aliphatic carbocycles. The highest BCUT2D eigenvalue weighted by molar-refractivity contribution is 7.99. The molecule has 0 saturated carbocycles. The minimum Gasteiger partial charge on any atom is -0.325 e. The van der Waals surface area contributed by atoms with E-state index in [1.807, 2.05) is 78.9 Å². The van der Waals surface area contributed by atoms with E-state index >= 15 is 0 Å². The summed E-state index contributed by atoms with van der Waals surface area (Å²) in [6.07, 6.45) is 0. The van der Waals surface area contributed by atoms with Crippen LogP contribution in [-0.2, 0) is 4.79 Å². The first-order valence-corrected chi connectivity index (χ1v) is 10.1. The Balaban J connectivity index is 1.38. The maximum atomic E-state index is 12.4. The summed E-state index contributed by atoms with van der Waals surface area (Å²) in [5.41, 5.74) is 2.52. The van der Waals surface area contributed by atoms with Crippen molar-refractivity contribution in [1.29, 1.82) is 0 Å². The molecule has 4 rings (SSSR count). The number of nitrogens with one attached hydrogen (secondary N) is 1. The number of fused-ring (bicyclic) bond motifs is 1. The van der Waals surface area contributed by atoms with E-state index in [1.54, 1.807) is 0 Å². The van der Waals surface area contributed by atoms with Crippen LogP contribution in [0.2, 0.25) is 5.02 Å². The van der Waals surface area contributed by atoms with Gasteiger partial charge in [0.05, 0.1) is 11.4 Å². The third-order valence-corrected chi connectivity index (χ3v) is 5.37. The molecule has 1 N–H and O–H groups in total. The number of thioether (sulfide) groups is 1. The minimum atomic E-state index is -0.0788. The van der Waals surface area contributed by atoms with Crippen LogP contribution in [-0.4, -0.2) is 21.9 Å². The number of halogens is 1. The molecule has 1 heterocycles. The second-order valence-corrected chi connectivity index (χ2v) is 7.56. The number of amides is 1. The highest BCUT2D eigenvalue weighted by Crippen LogP contribution is 2.24. The number of anilines is 1. The lowest BCUT2D eigenvalue weighted by Gasteiger charge is -2.08. The maximum absolute atomic E-state index is 12.4. The van der Waals surface area contributed by atoms with Crippen LogP contribution in [0.25, 0.3) is 22.0 Å². The third-order valence-electron chi connectivity index (χ3n) is 4.19. The molecular weight excluding hydrogens is 390 g/mol. The van der Waals surface area contributed by atoms with Crippen molar-refractivity contribution in [2.75, 3.05) is 11.1 Å². The first-order chi connectivity index (χ1) is 13.7. The summed E-state index contributed by atoms with van der Waals surface area (Å²) in [7, 11) is 0. The predicted octanol–water partition coefficient (Wildman–Crippen LogP) is 5.68. The van der Waals surface area contributed by atoms with Crippen LogP contribution >= 0.6 is 23.4 Å². The van der Waals surface area contributed by atoms with E-state index in [0.717, 1.165) is 27.7 Å². The van der Waals surface area contributed by atoms with Gasteiger partial charge >= 0.3 is 0 Å². The third kappa shape index (κ3) is 4.32. The zero-order valence-electron chi connectivity index (χ0n) is 14.8. The lowest BCUT2D eigenvalue weighted by molar-refractivity contribution is -0.113. The van der Waals surface area contributed by atoms with Crippen LogP contribution < -0.4 is 5.32 Å². The summed E-state index contributed by atoms with van der Waals surface area (Å²) in [4.78, 5) is 12.4. The molecule has 4 aromatic rings. The summed E-state index contributed by atoms with van der Waals surface area (Å²) in [5.74, 6) is 0.183. The molecule has 0 atom stereocenters. The average Bonchev–Trinajstić information content (AvgIpc) is 2.74. The second kappa shape index (κ2) is 8.42. The van der Waals surface area contributed by atoms with Crippen molar-refractivity contribution in [3.8, 4) is 11.3 Å². The van der Waals surface area contributed by atoms with Gasteiger partial charge in [-0.1, -0.05) is 71.9 Å². The van der Waals surface area contributed by atoms with E-state index in [-0.39, 0.29) is 11.7 Å². The van der Waals surface area contributed by atoms with Gasteiger partial charge in [-0.05, 0) is 35.7 Å². The molecule has 4 nitrogen and oxygen atoms in total. The van der Waals surface area contributed by atoms with Gasteiger partial charge in [0.2, 0.25) is 5.91 Å². The highest BCUT2D eigenvalue weighted by atomic mass is 35.5. The first kappa shape index (κ1) is 18.5. The standard InChI is InChI=1S/C22H16ClN3OS/c23-17-10-8-16(9-11-17)19-12-13-22(26-25-19)28-14-21(27)24-20-7-3-5-15-4-1-2-6-18(15)20/h1-13H,14H2,(H,24,27).